The summed E-state index contributed by atoms with van der Waals surface area (Å²) < 4.78 is 16.1. The summed E-state index contributed by atoms with van der Waals surface area (Å²) in [5, 5.41) is 3.35. The van der Waals surface area contributed by atoms with Crippen LogP contribution < -0.4 is 5.32 Å². The Labute approximate surface area is 120 Å². The highest BCUT2D eigenvalue weighted by atomic mass is 79.9. The second kappa shape index (κ2) is 4.96. The van der Waals surface area contributed by atoms with E-state index in [1.807, 2.05) is 19.4 Å². The summed E-state index contributed by atoms with van der Waals surface area (Å²) in [6, 6.07) is 3.94. The number of hydrogen-bond donors (Lipinski definition) is 1. The van der Waals surface area contributed by atoms with Crippen LogP contribution in [0.1, 0.15) is 30.1 Å². The summed E-state index contributed by atoms with van der Waals surface area (Å²) in [4.78, 5) is 4.20. The standard InChI is InChI=1S/C14H15BrFN3/c1-9-4-13(16)12(15)5-14(9)18-7-11-6-17-8-19(11)10-2-3-10/h4-6,8,10,18H,2-3,7H2,1H3. The maximum absolute atomic E-state index is 13.4. The predicted octanol–water partition coefficient (Wildman–Crippen LogP) is 4.04. The zero-order chi connectivity index (χ0) is 13.4. The molecule has 3 rings (SSSR count). The number of rotatable bonds is 4. The van der Waals surface area contributed by atoms with Gasteiger partial charge in [-0.15, -0.1) is 0 Å². The molecule has 0 bridgehead atoms. The maximum atomic E-state index is 13.4. The van der Waals surface area contributed by atoms with E-state index in [9.17, 15) is 4.39 Å². The van der Waals surface area contributed by atoms with Gasteiger partial charge in [0.1, 0.15) is 5.82 Å². The molecule has 5 heteroatoms. The van der Waals surface area contributed by atoms with E-state index in [1.54, 1.807) is 6.07 Å². The monoisotopic (exact) mass is 323 g/mol. The molecule has 1 saturated carbocycles. The first kappa shape index (κ1) is 12.7. The summed E-state index contributed by atoms with van der Waals surface area (Å²) >= 11 is 3.21. The predicted molar refractivity (Wildman–Crippen MR) is 76.7 cm³/mol. The normalized spacial score (nSPS) is 14.7. The Morgan fingerprint density at radius 2 is 2.26 bits per heavy atom. The van der Waals surface area contributed by atoms with Gasteiger partial charge in [0.2, 0.25) is 0 Å². The topological polar surface area (TPSA) is 29.9 Å². The van der Waals surface area contributed by atoms with Crippen LogP contribution in [0.15, 0.2) is 29.1 Å². The number of imidazole rings is 1. The molecule has 0 saturated heterocycles. The number of hydrogen-bond acceptors (Lipinski definition) is 2. The summed E-state index contributed by atoms with van der Waals surface area (Å²) in [5.41, 5.74) is 3.01. The highest BCUT2D eigenvalue weighted by Crippen LogP contribution is 2.35. The number of halogens is 2. The van der Waals surface area contributed by atoms with Gasteiger partial charge in [-0.1, -0.05) is 0 Å². The Hall–Kier alpha value is -1.36. The van der Waals surface area contributed by atoms with Crippen LogP contribution in [0.5, 0.6) is 0 Å². The van der Waals surface area contributed by atoms with Crippen LogP contribution in [0.25, 0.3) is 0 Å². The van der Waals surface area contributed by atoms with Gasteiger partial charge in [-0.2, -0.15) is 0 Å². The SMILES string of the molecule is Cc1cc(F)c(Br)cc1NCc1cncn1C1CC1. The van der Waals surface area contributed by atoms with Crippen molar-refractivity contribution in [2.75, 3.05) is 5.32 Å². The quantitative estimate of drug-likeness (QED) is 0.920. The summed E-state index contributed by atoms with van der Waals surface area (Å²) in [6.07, 6.45) is 6.26. The van der Waals surface area contributed by atoms with Gasteiger partial charge in [-0.05, 0) is 53.4 Å². The smallest absolute Gasteiger partial charge is 0.137 e. The molecular formula is C14H15BrFN3. The number of aryl methyl sites for hydroxylation is 1. The third kappa shape index (κ3) is 2.66. The minimum atomic E-state index is -0.230. The minimum absolute atomic E-state index is 0.230. The van der Waals surface area contributed by atoms with Crippen molar-refractivity contribution in [2.45, 2.75) is 32.4 Å². The lowest BCUT2D eigenvalue weighted by Gasteiger charge is -2.12. The molecule has 1 heterocycles. The van der Waals surface area contributed by atoms with Crippen molar-refractivity contribution < 1.29 is 4.39 Å². The van der Waals surface area contributed by atoms with Gasteiger partial charge in [0.15, 0.2) is 0 Å². The Morgan fingerprint density at radius 3 is 3.00 bits per heavy atom. The zero-order valence-electron chi connectivity index (χ0n) is 10.7. The van der Waals surface area contributed by atoms with E-state index in [0.29, 0.717) is 17.1 Å². The van der Waals surface area contributed by atoms with Crippen molar-refractivity contribution in [3.8, 4) is 0 Å². The summed E-state index contributed by atoms with van der Waals surface area (Å²) in [5.74, 6) is -0.230. The van der Waals surface area contributed by atoms with E-state index in [4.69, 9.17) is 0 Å². The van der Waals surface area contributed by atoms with Crippen LogP contribution in [-0.4, -0.2) is 9.55 Å². The average molecular weight is 324 g/mol. The van der Waals surface area contributed by atoms with Gasteiger partial charge in [0, 0.05) is 17.9 Å². The lowest BCUT2D eigenvalue weighted by molar-refractivity contribution is 0.620. The van der Waals surface area contributed by atoms with Gasteiger partial charge in [0.25, 0.3) is 0 Å². The fourth-order valence-corrected chi connectivity index (χ4v) is 2.52. The molecular weight excluding hydrogens is 309 g/mol. The highest BCUT2D eigenvalue weighted by molar-refractivity contribution is 9.10. The van der Waals surface area contributed by atoms with Crippen molar-refractivity contribution in [3.63, 3.8) is 0 Å². The fraction of sp³-hybridized carbons (Fsp3) is 0.357. The van der Waals surface area contributed by atoms with Crippen molar-refractivity contribution in [3.05, 3.63) is 46.2 Å². The molecule has 1 fully saturated rings. The third-order valence-corrected chi connectivity index (χ3v) is 4.02. The number of anilines is 1. The molecule has 0 unspecified atom stereocenters. The van der Waals surface area contributed by atoms with Crippen LogP contribution >= 0.6 is 15.9 Å². The molecule has 1 aromatic carbocycles. The van der Waals surface area contributed by atoms with E-state index < -0.39 is 0 Å². The maximum Gasteiger partial charge on any atom is 0.137 e. The van der Waals surface area contributed by atoms with Crippen molar-refractivity contribution in [2.24, 2.45) is 0 Å². The van der Waals surface area contributed by atoms with Crippen molar-refractivity contribution in [1.82, 2.24) is 9.55 Å². The van der Waals surface area contributed by atoms with Gasteiger partial charge < -0.3 is 9.88 Å². The molecule has 0 atom stereocenters. The molecule has 0 amide bonds. The Bertz CT molecular complexity index is 605. The largest absolute Gasteiger partial charge is 0.379 e. The van der Waals surface area contributed by atoms with Gasteiger partial charge in [-0.3, -0.25) is 0 Å². The first-order chi connectivity index (χ1) is 9.15. The Morgan fingerprint density at radius 1 is 1.47 bits per heavy atom. The van der Waals surface area contributed by atoms with Crippen LogP contribution in [0, 0.1) is 12.7 Å². The molecule has 0 spiro atoms. The van der Waals surface area contributed by atoms with E-state index in [1.165, 1.54) is 24.6 Å². The lowest BCUT2D eigenvalue weighted by atomic mass is 10.2. The zero-order valence-corrected chi connectivity index (χ0v) is 12.2. The number of aromatic nitrogens is 2. The highest BCUT2D eigenvalue weighted by Gasteiger charge is 2.25. The molecule has 0 aliphatic heterocycles. The summed E-state index contributed by atoms with van der Waals surface area (Å²) in [7, 11) is 0. The lowest BCUT2D eigenvalue weighted by Crippen LogP contribution is -2.07. The number of nitrogens with one attached hydrogen (secondary N) is 1. The van der Waals surface area contributed by atoms with E-state index in [2.05, 4.69) is 30.8 Å². The van der Waals surface area contributed by atoms with E-state index >= 15 is 0 Å². The molecule has 100 valence electrons. The molecule has 1 N–H and O–H groups in total. The second-order valence-corrected chi connectivity index (χ2v) is 5.81. The van der Waals surface area contributed by atoms with E-state index in [0.717, 1.165) is 11.3 Å². The fourth-order valence-electron chi connectivity index (χ4n) is 2.17. The first-order valence-electron chi connectivity index (χ1n) is 6.35. The molecule has 1 aliphatic carbocycles. The molecule has 0 radical (unpaired) electrons. The Balaban J connectivity index is 1.75. The van der Waals surface area contributed by atoms with Crippen molar-refractivity contribution >= 4 is 21.6 Å². The van der Waals surface area contributed by atoms with Crippen LogP contribution in [-0.2, 0) is 6.54 Å². The molecule has 19 heavy (non-hydrogen) atoms. The number of benzene rings is 1. The first-order valence-corrected chi connectivity index (χ1v) is 7.14. The van der Waals surface area contributed by atoms with E-state index in [-0.39, 0.29) is 5.82 Å². The molecule has 1 aromatic heterocycles. The Kier molecular flexibility index (Phi) is 3.31. The average Bonchev–Trinajstić information content (AvgIpc) is 3.12. The van der Waals surface area contributed by atoms with Gasteiger partial charge in [0.05, 0.1) is 23.0 Å². The van der Waals surface area contributed by atoms with Crippen LogP contribution in [0.4, 0.5) is 10.1 Å². The molecule has 1 aliphatic rings. The second-order valence-electron chi connectivity index (χ2n) is 4.96. The van der Waals surface area contributed by atoms with Gasteiger partial charge >= 0.3 is 0 Å². The van der Waals surface area contributed by atoms with Crippen LogP contribution in [0.2, 0.25) is 0 Å². The van der Waals surface area contributed by atoms with Gasteiger partial charge in [-0.25, -0.2) is 9.37 Å². The molecule has 3 nitrogen and oxygen atoms in total. The molecule has 2 aromatic rings. The minimum Gasteiger partial charge on any atom is -0.379 e. The van der Waals surface area contributed by atoms with Crippen LogP contribution in [0.3, 0.4) is 0 Å². The third-order valence-electron chi connectivity index (χ3n) is 3.41. The summed E-state index contributed by atoms with van der Waals surface area (Å²) in [6.45, 7) is 2.60. The number of nitrogens with zero attached hydrogens (tertiary/aromatic N) is 2. The van der Waals surface area contributed by atoms with Crippen molar-refractivity contribution in [1.29, 1.82) is 0 Å².